The molecule has 0 heterocycles. The third-order valence-corrected chi connectivity index (χ3v) is 5.47. The molecule has 0 atom stereocenters. The quantitative estimate of drug-likeness (QED) is 0.277. The summed E-state index contributed by atoms with van der Waals surface area (Å²) in [5.74, 6) is 0.924. The molecule has 0 aromatic rings. The van der Waals surface area contributed by atoms with Crippen LogP contribution < -0.4 is 16.0 Å². The highest BCUT2D eigenvalue weighted by Crippen LogP contribution is 2.43. The number of carbonyl (C=O) groups excluding carboxylic acids is 1. The van der Waals surface area contributed by atoms with E-state index in [-0.39, 0.29) is 29.9 Å². The van der Waals surface area contributed by atoms with Crippen LogP contribution in [0.2, 0.25) is 0 Å². The van der Waals surface area contributed by atoms with Crippen molar-refractivity contribution in [3.05, 3.63) is 0 Å². The molecule has 2 fully saturated rings. The van der Waals surface area contributed by atoms with Crippen LogP contribution in [0.15, 0.2) is 4.99 Å². The minimum atomic E-state index is 0. The molecule has 0 spiro atoms. The van der Waals surface area contributed by atoms with Crippen LogP contribution in [0.5, 0.6) is 0 Å². The standard InChI is InChI=1S/C18H34N4O2.HI/c1-19-17(21-14-18(9-5-10-18)11-13-24-2)20-12-8-16(23)22-15-6-3-4-7-15;/h15H,3-14H2,1-2H3,(H,22,23)(H2,19,20,21);1H. The van der Waals surface area contributed by atoms with E-state index in [9.17, 15) is 4.79 Å². The van der Waals surface area contributed by atoms with Crippen LogP contribution in [0.4, 0.5) is 0 Å². The van der Waals surface area contributed by atoms with E-state index < -0.39 is 0 Å². The highest BCUT2D eigenvalue weighted by atomic mass is 127. The molecular weight excluding hydrogens is 431 g/mol. The van der Waals surface area contributed by atoms with E-state index in [4.69, 9.17) is 4.74 Å². The highest BCUT2D eigenvalue weighted by Gasteiger charge is 2.36. The summed E-state index contributed by atoms with van der Waals surface area (Å²) in [4.78, 5) is 16.2. The predicted octanol–water partition coefficient (Wildman–Crippen LogP) is 2.43. The minimum absolute atomic E-state index is 0. The molecule has 2 aliphatic rings. The summed E-state index contributed by atoms with van der Waals surface area (Å²) in [5, 5.41) is 9.78. The number of ether oxygens (including phenoxy) is 1. The SMILES string of the molecule is CN=C(NCCC(=O)NC1CCCC1)NCC1(CCOC)CCC1.I. The molecule has 146 valence electrons. The Kier molecular flexibility index (Phi) is 10.7. The van der Waals surface area contributed by atoms with Crippen LogP contribution >= 0.6 is 24.0 Å². The van der Waals surface area contributed by atoms with Gasteiger partial charge in [-0.1, -0.05) is 19.3 Å². The Morgan fingerprint density at radius 3 is 2.48 bits per heavy atom. The fourth-order valence-corrected chi connectivity index (χ4v) is 3.67. The zero-order valence-electron chi connectivity index (χ0n) is 15.7. The van der Waals surface area contributed by atoms with E-state index in [2.05, 4.69) is 20.9 Å². The number of rotatable bonds is 9. The lowest BCUT2D eigenvalue weighted by molar-refractivity contribution is -0.121. The molecule has 2 saturated carbocycles. The number of aliphatic imine (C=N–C) groups is 1. The van der Waals surface area contributed by atoms with Crippen molar-refractivity contribution in [1.82, 2.24) is 16.0 Å². The van der Waals surface area contributed by atoms with E-state index in [1.807, 2.05) is 0 Å². The lowest BCUT2D eigenvalue weighted by atomic mass is 9.67. The molecule has 0 aliphatic heterocycles. The van der Waals surface area contributed by atoms with Crippen molar-refractivity contribution >= 4 is 35.8 Å². The van der Waals surface area contributed by atoms with Gasteiger partial charge in [-0.25, -0.2) is 0 Å². The van der Waals surface area contributed by atoms with Gasteiger partial charge in [0.1, 0.15) is 0 Å². The van der Waals surface area contributed by atoms with Gasteiger partial charge in [0.05, 0.1) is 0 Å². The molecule has 0 radical (unpaired) electrons. The molecule has 6 nitrogen and oxygen atoms in total. The number of methoxy groups -OCH3 is 1. The number of nitrogens with one attached hydrogen (secondary N) is 3. The van der Waals surface area contributed by atoms with E-state index in [1.165, 1.54) is 32.1 Å². The van der Waals surface area contributed by atoms with Crippen LogP contribution in [0.25, 0.3) is 0 Å². The first kappa shape index (κ1) is 22.5. The Balaban J connectivity index is 0.00000312. The Morgan fingerprint density at radius 1 is 1.20 bits per heavy atom. The lowest BCUT2D eigenvalue weighted by Gasteiger charge is -2.42. The summed E-state index contributed by atoms with van der Waals surface area (Å²) in [7, 11) is 3.54. The molecule has 3 N–H and O–H groups in total. The summed E-state index contributed by atoms with van der Waals surface area (Å²) >= 11 is 0. The molecule has 25 heavy (non-hydrogen) atoms. The van der Waals surface area contributed by atoms with Crippen molar-refractivity contribution in [2.24, 2.45) is 10.4 Å². The van der Waals surface area contributed by atoms with Crippen molar-refractivity contribution in [2.75, 3.05) is 33.9 Å². The van der Waals surface area contributed by atoms with Crippen LogP contribution in [0.1, 0.15) is 57.8 Å². The fraction of sp³-hybridized carbons (Fsp3) is 0.889. The average molecular weight is 466 g/mol. The topological polar surface area (TPSA) is 74.8 Å². The number of nitrogens with zero attached hydrogens (tertiary/aromatic N) is 1. The van der Waals surface area contributed by atoms with Crippen LogP contribution in [-0.2, 0) is 9.53 Å². The Labute approximate surface area is 169 Å². The van der Waals surface area contributed by atoms with Gasteiger partial charge in [0.15, 0.2) is 5.96 Å². The normalized spacial score (nSPS) is 19.7. The second-order valence-corrected chi connectivity index (χ2v) is 7.25. The van der Waals surface area contributed by atoms with E-state index in [1.54, 1.807) is 14.2 Å². The molecule has 0 unspecified atom stereocenters. The zero-order chi connectivity index (χ0) is 17.3. The minimum Gasteiger partial charge on any atom is -0.385 e. The number of hydrogen-bond donors (Lipinski definition) is 3. The number of hydrogen-bond acceptors (Lipinski definition) is 3. The first-order chi connectivity index (χ1) is 11.7. The summed E-state index contributed by atoms with van der Waals surface area (Å²) in [5.41, 5.74) is 0.355. The Hall–Kier alpha value is -0.570. The van der Waals surface area contributed by atoms with E-state index >= 15 is 0 Å². The summed E-state index contributed by atoms with van der Waals surface area (Å²) in [6.07, 6.45) is 10.1. The number of halogens is 1. The molecule has 0 saturated heterocycles. The highest BCUT2D eigenvalue weighted by molar-refractivity contribution is 14.0. The monoisotopic (exact) mass is 466 g/mol. The van der Waals surface area contributed by atoms with Gasteiger partial charge in [0.25, 0.3) is 0 Å². The van der Waals surface area contributed by atoms with Crippen LogP contribution in [0, 0.1) is 5.41 Å². The van der Waals surface area contributed by atoms with Gasteiger partial charge in [0.2, 0.25) is 5.91 Å². The third-order valence-electron chi connectivity index (χ3n) is 5.47. The van der Waals surface area contributed by atoms with Crippen LogP contribution in [0.3, 0.4) is 0 Å². The van der Waals surface area contributed by atoms with Crippen molar-refractivity contribution in [2.45, 2.75) is 63.8 Å². The largest absolute Gasteiger partial charge is 0.385 e. The maximum absolute atomic E-state index is 11.9. The summed E-state index contributed by atoms with van der Waals surface area (Å²) in [6.45, 7) is 2.35. The fourth-order valence-electron chi connectivity index (χ4n) is 3.67. The number of carbonyl (C=O) groups is 1. The van der Waals surface area contributed by atoms with Gasteiger partial charge >= 0.3 is 0 Å². The van der Waals surface area contributed by atoms with Gasteiger partial charge in [-0.3, -0.25) is 9.79 Å². The van der Waals surface area contributed by atoms with Crippen molar-refractivity contribution < 1.29 is 9.53 Å². The van der Waals surface area contributed by atoms with Crippen molar-refractivity contribution in [3.8, 4) is 0 Å². The second kappa shape index (κ2) is 11.9. The average Bonchev–Trinajstić information content (AvgIpc) is 3.04. The molecule has 0 aromatic heterocycles. The molecule has 2 aliphatic carbocycles. The first-order valence-electron chi connectivity index (χ1n) is 9.40. The van der Waals surface area contributed by atoms with E-state index in [0.29, 0.717) is 24.4 Å². The Morgan fingerprint density at radius 2 is 1.92 bits per heavy atom. The molecule has 0 bridgehead atoms. The third kappa shape index (κ3) is 7.68. The molecule has 0 aromatic carbocycles. The summed E-state index contributed by atoms with van der Waals surface area (Å²) in [6, 6.07) is 0.397. The molecule has 1 amide bonds. The maximum Gasteiger partial charge on any atom is 0.221 e. The lowest BCUT2D eigenvalue weighted by Crippen LogP contribution is -2.47. The Bertz CT molecular complexity index is 421. The molecule has 2 rings (SSSR count). The smallest absolute Gasteiger partial charge is 0.221 e. The van der Waals surface area contributed by atoms with Gasteiger partial charge in [0, 0.05) is 46.3 Å². The van der Waals surface area contributed by atoms with Gasteiger partial charge in [-0.2, -0.15) is 0 Å². The van der Waals surface area contributed by atoms with Crippen molar-refractivity contribution in [3.63, 3.8) is 0 Å². The van der Waals surface area contributed by atoms with Gasteiger partial charge in [-0.15, -0.1) is 24.0 Å². The van der Waals surface area contributed by atoms with Gasteiger partial charge < -0.3 is 20.7 Å². The summed E-state index contributed by atoms with van der Waals surface area (Å²) < 4.78 is 5.23. The predicted molar refractivity (Wildman–Crippen MR) is 113 cm³/mol. The number of guanidine groups is 1. The number of amides is 1. The van der Waals surface area contributed by atoms with Crippen LogP contribution in [-0.4, -0.2) is 51.8 Å². The first-order valence-corrected chi connectivity index (χ1v) is 9.40. The second-order valence-electron chi connectivity index (χ2n) is 7.25. The molecular formula is C18H35IN4O2. The maximum atomic E-state index is 11.9. The van der Waals surface area contributed by atoms with Gasteiger partial charge in [-0.05, 0) is 37.5 Å². The van der Waals surface area contributed by atoms with Crippen molar-refractivity contribution in [1.29, 1.82) is 0 Å². The zero-order valence-corrected chi connectivity index (χ0v) is 18.1. The van der Waals surface area contributed by atoms with E-state index in [0.717, 1.165) is 38.4 Å². The molecule has 7 heteroatoms.